The van der Waals surface area contributed by atoms with E-state index in [0.29, 0.717) is 10.6 Å². The van der Waals surface area contributed by atoms with Crippen LogP contribution in [-0.2, 0) is 14.6 Å². The fraction of sp³-hybridized carbons (Fsp3) is 0.200. The summed E-state index contributed by atoms with van der Waals surface area (Å²) in [6.45, 7) is 0.226. The van der Waals surface area contributed by atoms with Crippen LogP contribution in [0.25, 0.3) is 0 Å². The standard InChI is InChI=1S/C15H16N2O4S2/c1-23(20,21)12-6-4-11(5-7-12)17-14(18)8-9-16-15(19)13-3-2-10-22-13/h2-7,10H,8-9H2,1H3,(H,16,19)(H,17,18). The highest BCUT2D eigenvalue weighted by Gasteiger charge is 2.09. The topological polar surface area (TPSA) is 92.3 Å². The first-order valence-electron chi connectivity index (χ1n) is 6.78. The molecule has 23 heavy (non-hydrogen) atoms. The van der Waals surface area contributed by atoms with Crippen molar-refractivity contribution in [3.05, 3.63) is 46.7 Å². The van der Waals surface area contributed by atoms with Gasteiger partial charge < -0.3 is 10.6 Å². The van der Waals surface area contributed by atoms with Gasteiger partial charge in [0.2, 0.25) is 5.91 Å². The Morgan fingerprint density at radius 1 is 1.13 bits per heavy atom. The molecule has 1 aromatic carbocycles. The quantitative estimate of drug-likeness (QED) is 0.831. The molecule has 0 atom stereocenters. The van der Waals surface area contributed by atoms with Gasteiger partial charge in [-0.2, -0.15) is 0 Å². The number of thiophene rings is 1. The maximum absolute atomic E-state index is 11.8. The van der Waals surface area contributed by atoms with Gasteiger partial charge in [0.1, 0.15) is 0 Å². The van der Waals surface area contributed by atoms with Gasteiger partial charge in [-0.05, 0) is 35.7 Å². The fourth-order valence-electron chi connectivity index (χ4n) is 1.79. The smallest absolute Gasteiger partial charge is 0.261 e. The molecule has 0 spiro atoms. The molecule has 0 radical (unpaired) electrons. The molecule has 2 N–H and O–H groups in total. The molecule has 2 amide bonds. The molecule has 6 nitrogen and oxygen atoms in total. The van der Waals surface area contributed by atoms with Crippen LogP contribution in [0.1, 0.15) is 16.1 Å². The second-order valence-electron chi connectivity index (χ2n) is 4.83. The average Bonchev–Trinajstić information content (AvgIpc) is 3.01. The maximum Gasteiger partial charge on any atom is 0.261 e. The first-order chi connectivity index (χ1) is 10.9. The molecule has 0 saturated heterocycles. The third-order valence-corrected chi connectivity index (χ3v) is 4.95. The second-order valence-corrected chi connectivity index (χ2v) is 7.79. The van der Waals surface area contributed by atoms with E-state index in [0.717, 1.165) is 6.26 Å². The molecule has 0 aliphatic heterocycles. The normalized spacial score (nSPS) is 11.0. The van der Waals surface area contributed by atoms with Gasteiger partial charge in [-0.3, -0.25) is 9.59 Å². The molecule has 122 valence electrons. The van der Waals surface area contributed by atoms with Gasteiger partial charge in [-0.15, -0.1) is 11.3 Å². The van der Waals surface area contributed by atoms with Crippen LogP contribution < -0.4 is 10.6 Å². The third-order valence-electron chi connectivity index (χ3n) is 2.95. The second kappa shape index (κ2) is 7.38. The molecule has 0 fully saturated rings. The van der Waals surface area contributed by atoms with Crippen LogP contribution in [0.15, 0.2) is 46.7 Å². The summed E-state index contributed by atoms with van der Waals surface area (Å²) >= 11 is 1.33. The van der Waals surface area contributed by atoms with Crippen molar-refractivity contribution in [3.8, 4) is 0 Å². The summed E-state index contributed by atoms with van der Waals surface area (Å²) in [5.41, 5.74) is 0.506. The minimum Gasteiger partial charge on any atom is -0.351 e. The van der Waals surface area contributed by atoms with E-state index in [9.17, 15) is 18.0 Å². The Morgan fingerprint density at radius 2 is 1.83 bits per heavy atom. The number of carbonyl (C=O) groups is 2. The molecule has 2 aromatic rings. The lowest BCUT2D eigenvalue weighted by molar-refractivity contribution is -0.116. The summed E-state index contributed by atoms with van der Waals surface area (Å²) in [5, 5.41) is 7.12. The third kappa shape index (κ3) is 5.19. The van der Waals surface area contributed by atoms with Gasteiger partial charge in [0, 0.05) is 24.9 Å². The molecule has 1 aromatic heterocycles. The summed E-state index contributed by atoms with van der Waals surface area (Å²) < 4.78 is 22.7. The fourth-order valence-corrected chi connectivity index (χ4v) is 3.06. The van der Waals surface area contributed by atoms with Gasteiger partial charge in [-0.25, -0.2) is 8.42 Å². The van der Waals surface area contributed by atoms with E-state index in [1.807, 2.05) is 5.38 Å². The molecule has 0 unspecified atom stereocenters. The summed E-state index contributed by atoms with van der Waals surface area (Å²) in [4.78, 5) is 24.3. The molecule has 0 aliphatic carbocycles. The minimum atomic E-state index is -3.25. The maximum atomic E-state index is 11.8. The SMILES string of the molecule is CS(=O)(=O)c1ccc(NC(=O)CCNC(=O)c2cccs2)cc1. The van der Waals surface area contributed by atoms with E-state index in [4.69, 9.17) is 0 Å². The Bertz CT molecular complexity index is 781. The van der Waals surface area contributed by atoms with Crippen LogP contribution in [0.3, 0.4) is 0 Å². The van der Waals surface area contributed by atoms with E-state index in [-0.39, 0.29) is 29.7 Å². The number of benzene rings is 1. The summed E-state index contributed by atoms with van der Waals surface area (Å²) in [6, 6.07) is 9.42. The lowest BCUT2D eigenvalue weighted by Crippen LogP contribution is -2.27. The lowest BCUT2D eigenvalue weighted by Gasteiger charge is -2.07. The van der Waals surface area contributed by atoms with Crippen LogP contribution in [0.2, 0.25) is 0 Å². The minimum absolute atomic E-state index is 0.130. The van der Waals surface area contributed by atoms with E-state index >= 15 is 0 Å². The highest BCUT2D eigenvalue weighted by molar-refractivity contribution is 7.90. The van der Waals surface area contributed by atoms with Crippen LogP contribution in [0.4, 0.5) is 5.69 Å². The zero-order valence-corrected chi connectivity index (χ0v) is 14.0. The van der Waals surface area contributed by atoms with Crippen LogP contribution in [0.5, 0.6) is 0 Å². The van der Waals surface area contributed by atoms with Gasteiger partial charge >= 0.3 is 0 Å². The lowest BCUT2D eigenvalue weighted by atomic mass is 10.3. The number of hydrogen-bond donors (Lipinski definition) is 2. The van der Waals surface area contributed by atoms with Crippen molar-refractivity contribution in [3.63, 3.8) is 0 Å². The number of rotatable bonds is 6. The molecular formula is C15H16N2O4S2. The summed E-state index contributed by atoms with van der Waals surface area (Å²) in [7, 11) is -3.25. The van der Waals surface area contributed by atoms with Crippen molar-refractivity contribution in [2.24, 2.45) is 0 Å². The van der Waals surface area contributed by atoms with E-state index < -0.39 is 9.84 Å². The Hall–Kier alpha value is -2.19. The van der Waals surface area contributed by atoms with Crippen molar-refractivity contribution in [1.82, 2.24) is 5.32 Å². The number of hydrogen-bond acceptors (Lipinski definition) is 5. The van der Waals surface area contributed by atoms with Gasteiger partial charge in [-0.1, -0.05) is 6.07 Å². The molecule has 0 saturated carbocycles. The van der Waals surface area contributed by atoms with E-state index in [1.165, 1.54) is 35.6 Å². The van der Waals surface area contributed by atoms with Crippen molar-refractivity contribution in [1.29, 1.82) is 0 Å². The van der Waals surface area contributed by atoms with Crippen LogP contribution in [0, 0.1) is 0 Å². The van der Waals surface area contributed by atoms with Gasteiger partial charge in [0.25, 0.3) is 5.91 Å². The number of anilines is 1. The van der Waals surface area contributed by atoms with E-state index in [2.05, 4.69) is 10.6 Å². The highest BCUT2D eigenvalue weighted by atomic mass is 32.2. The number of amides is 2. The predicted molar refractivity (Wildman–Crippen MR) is 89.5 cm³/mol. The molecule has 8 heteroatoms. The Kier molecular flexibility index (Phi) is 5.51. The Balaban J connectivity index is 1.80. The van der Waals surface area contributed by atoms with Gasteiger partial charge in [0.05, 0.1) is 9.77 Å². The average molecular weight is 352 g/mol. The van der Waals surface area contributed by atoms with Crippen LogP contribution in [-0.4, -0.2) is 33.0 Å². The summed E-state index contributed by atoms with van der Waals surface area (Å²) in [5.74, 6) is -0.464. The summed E-state index contributed by atoms with van der Waals surface area (Å²) in [6.07, 6.45) is 1.25. The molecule has 1 heterocycles. The zero-order chi connectivity index (χ0) is 16.9. The van der Waals surface area contributed by atoms with Crippen molar-refractivity contribution in [2.75, 3.05) is 18.1 Å². The van der Waals surface area contributed by atoms with Crippen molar-refractivity contribution < 1.29 is 18.0 Å². The van der Waals surface area contributed by atoms with Crippen molar-refractivity contribution >= 4 is 38.7 Å². The predicted octanol–water partition coefficient (Wildman–Crippen LogP) is 1.91. The molecular weight excluding hydrogens is 336 g/mol. The number of sulfone groups is 1. The molecule has 0 aliphatic rings. The Morgan fingerprint density at radius 3 is 2.39 bits per heavy atom. The number of nitrogens with one attached hydrogen (secondary N) is 2. The van der Waals surface area contributed by atoms with E-state index in [1.54, 1.807) is 12.1 Å². The van der Waals surface area contributed by atoms with Gasteiger partial charge in [0.15, 0.2) is 9.84 Å². The highest BCUT2D eigenvalue weighted by Crippen LogP contribution is 2.14. The molecule has 2 rings (SSSR count). The van der Waals surface area contributed by atoms with Crippen molar-refractivity contribution in [2.45, 2.75) is 11.3 Å². The number of carbonyl (C=O) groups excluding carboxylic acids is 2. The Labute approximate surface area is 138 Å². The largest absolute Gasteiger partial charge is 0.351 e. The monoisotopic (exact) mass is 352 g/mol. The first kappa shape index (κ1) is 17.2. The van der Waals surface area contributed by atoms with Crippen LogP contribution >= 0.6 is 11.3 Å². The molecule has 0 bridgehead atoms. The first-order valence-corrected chi connectivity index (χ1v) is 9.55. The zero-order valence-electron chi connectivity index (χ0n) is 12.4.